The summed E-state index contributed by atoms with van der Waals surface area (Å²) in [4.78, 5) is 39.5. The molecule has 2 aliphatic rings. The average molecular weight is 290 g/mol. The van der Waals surface area contributed by atoms with Gasteiger partial charge < -0.3 is 15.0 Å². The summed E-state index contributed by atoms with van der Waals surface area (Å²) in [6.45, 7) is 0. The Bertz CT molecular complexity index is 624. The van der Waals surface area contributed by atoms with Gasteiger partial charge in [0.1, 0.15) is 6.04 Å². The highest BCUT2D eigenvalue weighted by molar-refractivity contribution is 5.97. The first kappa shape index (κ1) is 13.9. The predicted octanol–water partition coefficient (Wildman–Crippen LogP) is 1.23. The van der Waals surface area contributed by atoms with Gasteiger partial charge in [-0.25, -0.2) is 4.79 Å². The molecule has 6 nitrogen and oxygen atoms in total. The minimum Gasteiger partial charge on any atom is -0.480 e. The number of nitrogens with zero attached hydrogens (tertiary/aromatic N) is 1. The molecule has 3 unspecified atom stereocenters. The highest BCUT2D eigenvalue weighted by Gasteiger charge is 2.47. The molecule has 1 amide bonds. The summed E-state index contributed by atoms with van der Waals surface area (Å²) >= 11 is 0. The molecule has 1 saturated heterocycles. The first-order valence-electron chi connectivity index (χ1n) is 7.32. The van der Waals surface area contributed by atoms with Crippen molar-refractivity contribution in [2.24, 2.45) is 5.92 Å². The fraction of sp³-hybridized carbons (Fsp3) is 0.533. The lowest BCUT2D eigenvalue weighted by atomic mass is 9.84. The number of pyridine rings is 1. The van der Waals surface area contributed by atoms with Gasteiger partial charge in [0, 0.05) is 23.9 Å². The maximum absolute atomic E-state index is 12.7. The molecule has 3 atom stereocenters. The SMILES string of the molecule is O=C(O)C1CC2CCCCC2N1C(=O)c1cc[nH]c(=O)c1. The van der Waals surface area contributed by atoms with Crippen LogP contribution in [0.25, 0.3) is 0 Å². The Labute approximate surface area is 121 Å². The number of H-pyrrole nitrogens is 1. The molecular formula is C15H18N2O4. The topological polar surface area (TPSA) is 90.5 Å². The van der Waals surface area contributed by atoms with Gasteiger partial charge in [-0.3, -0.25) is 9.59 Å². The molecule has 2 N–H and O–H groups in total. The number of carbonyl (C=O) groups is 2. The number of hydrogen-bond acceptors (Lipinski definition) is 3. The Morgan fingerprint density at radius 3 is 2.76 bits per heavy atom. The van der Waals surface area contributed by atoms with Gasteiger partial charge in [-0.05, 0) is 31.2 Å². The van der Waals surface area contributed by atoms with E-state index in [-0.39, 0.29) is 29.0 Å². The predicted molar refractivity (Wildman–Crippen MR) is 75.0 cm³/mol. The minimum atomic E-state index is -0.956. The van der Waals surface area contributed by atoms with E-state index in [4.69, 9.17) is 0 Å². The van der Waals surface area contributed by atoms with Gasteiger partial charge in [0.25, 0.3) is 5.91 Å². The monoisotopic (exact) mass is 290 g/mol. The number of fused-ring (bicyclic) bond motifs is 1. The van der Waals surface area contributed by atoms with Gasteiger partial charge >= 0.3 is 5.97 Å². The van der Waals surface area contributed by atoms with E-state index in [2.05, 4.69) is 4.98 Å². The van der Waals surface area contributed by atoms with E-state index < -0.39 is 12.0 Å². The van der Waals surface area contributed by atoms with E-state index in [1.807, 2.05) is 0 Å². The Morgan fingerprint density at radius 2 is 2.05 bits per heavy atom. The van der Waals surface area contributed by atoms with E-state index in [1.54, 1.807) is 0 Å². The number of amides is 1. The second kappa shape index (κ2) is 5.35. The molecule has 0 spiro atoms. The van der Waals surface area contributed by atoms with Crippen molar-refractivity contribution in [3.05, 3.63) is 34.2 Å². The third-order valence-corrected chi connectivity index (χ3v) is 4.63. The number of aliphatic carboxylic acids is 1. The van der Waals surface area contributed by atoms with Crippen molar-refractivity contribution in [2.75, 3.05) is 0 Å². The van der Waals surface area contributed by atoms with Crippen molar-refractivity contribution in [1.82, 2.24) is 9.88 Å². The second-order valence-corrected chi connectivity index (χ2v) is 5.86. The Hall–Kier alpha value is -2.11. The van der Waals surface area contributed by atoms with Crippen LogP contribution in [0.15, 0.2) is 23.1 Å². The zero-order chi connectivity index (χ0) is 15.0. The normalized spacial score (nSPS) is 28.2. The molecule has 2 fully saturated rings. The van der Waals surface area contributed by atoms with E-state index in [0.29, 0.717) is 6.42 Å². The summed E-state index contributed by atoms with van der Waals surface area (Å²) in [5.41, 5.74) is -0.0941. The van der Waals surface area contributed by atoms with Gasteiger partial charge in [0.15, 0.2) is 0 Å². The van der Waals surface area contributed by atoms with Gasteiger partial charge in [0.05, 0.1) is 0 Å². The fourth-order valence-corrected chi connectivity index (χ4v) is 3.70. The lowest BCUT2D eigenvalue weighted by molar-refractivity contribution is -0.141. The molecule has 2 heterocycles. The summed E-state index contributed by atoms with van der Waals surface area (Å²) in [5, 5.41) is 9.42. The van der Waals surface area contributed by atoms with Gasteiger partial charge in [-0.15, -0.1) is 0 Å². The number of carbonyl (C=O) groups excluding carboxylic acids is 1. The fourth-order valence-electron chi connectivity index (χ4n) is 3.70. The van der Waals surface area contributed by atoms with Crippen molar-refractivity contribution in [3.8, 4) is 0 Å². The summed E-state index contributed by atoms with van der Waals surface area (Å²) in [6, 6.07) is 1.98. The van der Waals surface area contributed by atoms with E-state index in [9.17, 15) is 19.5 Å². The van der Waals surface area contributed by atoms with E-state index >= 15 is 0 Å². The first-order valence-corrected chi connectivity index (χ1v) is 7.32. The quantitative estimate of drug-likeness (QED) is 0.857. The highest BCUT2D eigenvalue weighted by Crippen LogP contribution is 2.40. The second-order valence-electron chi connectivity index (χ2n) is 5.86. The molecule has 0 radical (unpaired) electrons. The minimum absolute atomic E-state index is 0.00774. The number of rotatable bonds is 2. The largest absolute Gasteiger partial charge is 0.480 e. The van der Waals surface area contributed by atoms with Crippen LogP contribution in [0.5, 0.6) is 0 Å². The molecular weight excluding hydrogens is 272 g/mol. The van der Waals surface area contributed by atoms with Gasteiger partial charge in [-0.1, -0.05) is 12.8 Å². The molecule has 1 aromatic heterocycles. The highest BCUT2D eigenvalue weighted by atomic mass is 16.4. The zero-order valence-corrected chi connectivity index (χ0v) is 11.6. The lowest BCUT2D eigenvalue weighted by Crippen LogP contribution is -2.46. The summed E-state index contributed by atoms with van der Waals surface area (Å²) in [5.74, 6) is -1.03. The number of likely N-dealkylation sites (tertiary alicyclic amines) is 1. The van der Waals surface area contributed by atoms with Gasteiger partial charge in [0.2, 0.25) is 5.56 Å². The molecule has 1 aromatic rings. The Morgan fingerprint density at radius 1 is 1.29 bits per heavy atom. The first-order chi connectivity index (χ1) is 10.1. The standard InChI is InChI=1S/C15H18N2O4/c18-13-8-10(5-6-16-13)14(19)17-11-4-2-1-3-9(11)7-12(17)15(20)21/h5-6,8-9,11-12H,1-4,7H2,(H,16,18)(H,20,21). The van der Waals surface area contributed by atoms with E-state index in [1.165, 1.54) is 23.2 Å². The summed E-state index contributed by atoms with van der Waals surface area (Å²) in [7, 11) is 0. The van der Waals surface area contributed by atoms with Crippen molar-refractivity contribution < 1.29 is 14.7 Å². The van der Waals surface area contributed by atoms with Crippen LogP contribution < -0.4 is 5.56 Å². The van der Waals surface area contributed by atoms with Crippen LogP contribution in [-0.2, 0) is 4.79 Å². The summed E-state index contributed by atoms with van der Waals surface area (Å²) in [6.07, 6.45) is 5.89. The maximum atomic E-state index is 12.7. The van der Waals surface area contributed by atoms with Crippen LogP contribution >= 0.6 is 0 Å². The third-order valence-electron chi connectivity index (χ3n) is 4.63. The molecule has 1 saturated carbocycles. The molecule has 1 aliphatic heterocycles. The molecule has 1 aliphatic carbocycles. The Balaban J connectivity index is 1.94. The van der Waals surface area contributed by atoms with Crippen LogP contribution in [0.4, 0.5) is 0 Å². The Kier molecular flexibility index (Phi) is 3.53. The maximum Gasteiger partial charge on any atom is 0.326 e. The number of aromatic amines is 1. The molecule has 21 heavy (non-hydrogen) atoms. The zero-order valence-electron chi connectivity index (χ0n) is 11.6. The molecule has 0 aromatic carbocycles. The number of carboxylic acids is 1. The number of hydrogen-bond donors (Lipinski definition) is 2. The van der Waals surface area contributed by atoms with Crippen LogP contribution in [0, 0.1) is 5.92 Å². The van der Waals surface area contributed by atoms with E-state index in [0.717, 1.165) is 25.7 Å². The number of aromatic nitrogens is 1. The molecule has 3 rings (SSSR count). The van der Waals surface area contributed by atoms with Gasteiger partial charge in [-0.2, -0.15) is 0 Å². The van der Waals surface area contributed by atoms with Crippen molar-refractivity contribution in [2.45, 2.75) is 44.2 Å². The molecule has 112 valence electrons. The molecule has 6 heteroatoms. The smallest absolute Gasteiger partial charge is 0.326 e. The van der Waals surface area contributed by atoms with Crippen LogP contribution in [0.2, 0.25) is 0 Å². The van der Waals surface area contributed by atoms with Crippen molar-refractivity contribution >= 4 is 11.9 Å². The third kappa shape index (κ3) is 2.46. The van der Waals surface area contributed by atoms with Crippen molar-refractivity contribution in [3.63, 3.8) is 0 Å². The van der Waals surface area contributed by atoms with Crippen LogP contribution in [0.1, 0.15) is 42.5 Å². The van der Waals surface area contributed by atoms with Crippen LogP contribution in [-0.4, -0.2) is 39.0 Å². The lowest BCUT2D eigenvalue weighted by Gasteiger charge is -2.33. The molecule has 0 bridgehead atoms. The average Bonchev–Trinajstić information content (AvgIpc) is 2.86. The van der Waals surface area contributed by atoms with Crippen LogP contribution in [0.3, 0.4) is 0 Å². The van der Waals surface area contributed by atoms with Crippen molar-refractivity contribution in [1.29, 1.82) is 0 Å². The number of carboxylic acid groups (broad SMARTS) is 1. The number of nitrogens with one attached hydrogen (secondary N) is 1. The summed E-state index contributed by atoms with van der Waals surface area (Å²) < 4.78 is 0.